The molecule has 0 saturated heterocycles. The Morgan fingerprint density at radius 2 is 1.81 bits per heavy atom. The number of nitrogen functional groups attached to an aromatic ring is 1. The van der Waals surface area contributed by atoms with E-state index in [1.165, 1.54) is 6.08 Å². The first-order valence-electron chi connectivity index (χ1n) is 6.46. The van der Waals surface area contributed by atoms with Crippen LogP contribution in [0.1, 0.15) is 16.7 Å². The Morgan fingerprint density at radius 1 is 1.14 bits per heavy atom. The van der Waals surface area contributed by atoms with Gasteiger partial charge in [-0.25, -0.2) is 4.79 Å². The maximum absolute atomic E-state index is 11.7. The number of aryl methyl sites for hydroxylation is 1. The summed E-state index contributed by atoms with van der Waals surface area (Å²) >= 11 is 0. The van der Waals surface area contributed by atoms with Gasteiger partial charge in [0.2, 0.25) is 0 Å². The number of rotatable bonds is 4. The summed E-state index contributed by atoms with van der Waals surface area (Å²) in [5.41, 5.74) is 8.01. The molecule has 0 heterocycles. The number of benzene rings is 2. The van der Waals surface area contributed by atoms with E-state index in [4.69, 9.17) is 15.9 Å². The van der Waals surface area contributed by atoms with Crippen molar-refractivity contribution in [2.24, 2.45) is 5.73 Å². The number of esters is 1. The molecule has 2 aromatic carbocycles. The van der Waals surface area contributed by atoms with Gasteiger partial charge in [0.15, 0.2) is 0 Å². The van der Waals surface area contributed by atoms with Crippen molar-refractivity contribution in [2.75, 3.05) is 0 Å². The Balaban J connectivity index is 2.02. The van der Waals surface area contributed by atoms with E-state index in [-0.39, 0.29) is 5.84 Å². The van der Waals surface area contributed by atoms with Crippen molar-refractivity contribution in [1.82, 2.24) is 0 Å². The molecule has 0 aliphatic rings. The fourth-order valence-electron chi connectivity index (χ4n) is 1.78. The van der Waals surface area contributed by atoms with Crippen molar-refractivity contribution in [2.45, 2.75) is 6.92 Å². The van der Waals surface area contributed by atoms with E-state index in [1.54, 1.807) is 30.3 Å². The maximum Gasteiger partial charge on any atom is 0.336 e. The van der Waals surface area contributed by atoms with Gasteiger partial charge in [0, 0.05) is 11.6 Å². The van der Waals surface area contributed by atoms with Crippen molar-refractivity contribution in [3.8, 4) is 5.75 Å². The summed E-state index contributed by atoms with van der Waals surface area (Å²) in [4.78, 5) is 11.7. The van der Waals surface area contributed by atoms with Gasteiger partial charge in [0.05, 0.1) is 0 Å². The van der Waals surface area contributed by atoms with Gasteiger partial charge >= 0.3 is 5.97 Å². The predicted molar refractivity (Wildman–Crippen MR) is 83.3 cm³/mol. The Hall–Kier alpha value is -2.88. The third-order valence-electron chi connectivity index (χ3n) is 2.97. The summed E-state index contributed by atoms with van der Waals surface area (Å²) in [6.07, 6.45) is 3.11. The van der Waals surface area contributed by atoms with Crippen LogP contribution in [0.25, 0.3) is 6.08 Å². The lowest BCUT2D eigenvalue weighted by molar-refractivity contribution is -0.128. The van der Waals surface area contributed by atoms with Crippen molar-refractivity contribution in [3.05, 3.63) is 71.3 Å². The monoisotopic (exact) mass is 280 g/mol. The number of amidine groups is 1. The van der Waals surface area contributed by atoms with Gasteiger partial charge in [0.25, 0.3) is 0 Å². The third-order valence-corrected chi connectivity index (χ3v) is 2.97. The fraction of sp³-hybridized carbons (Fsp3) is 0.0588. The van der Waals surface area contributed by atoms with Crippen LogP contribution in [0.5, 0.6) is 5.75 Å². The predicted octanol–water partition coefficient (Wildman–Crippen LogP) is 2.90. The van der Waals surface area contributed by atoms with E-state index in [1.807, 2.05) is 31.2 Å². The number of nitrogens with one attached hydrogen (secondary N) is 1. The standard InChI is InChI=1S/C17H16N2O2/c1-12-4-2-3-5-13(12)8-11-16(20)21-15-9-6-14(7-10-15)17(18)19/h2-11H,1H3,(H3,18,19). The van der Waals surface area contributed by atoms with E-state index >= 15 is 0 Å². The molecule has 4 heteroatoms. The number of hydrogen-bond acceptors (Lipinski definition) is 3. The zero-order valence-electron chi connectivity index (χ0n) is 11.7. The highest BCUT2D eigenvalue weighted by atomic mass is 16.5. The van der Waals surface area contributed by atoms with E-state index in [0.29, 0.717) is 11.3 Å². The van der Waals surface area contributed by atoms with Crippen LogP contribution < -0.4 is 10.5 Å². The van der Waals surface area contributed by atoms with Gasteiger partial charge in [-0.1, -0.05) is 24.3 Å². The molecule has 2 rings (SSSR count). The highest BCUT2D eigenvalue weighted by Gasteiger charge is 2.02. The molecule has 4 nitrogen and oxygen atoms in total. The molecular formula is C17H16N2O2. The van der Waals surface area contributed by atoms with Gasteiger partial charge in [-0.3, -0.25) is 5.41 Å². The van der Waals surface area contributed by atoms with Crippen LogP contribution in [0.15, 0.2) is 54.6 Å². The topological polar surface area (TPSA) is 76.2 Å². The van der Waals surface area contributed by atoms with Gasteiger partial charge in [0.1, 0.15) is 11.6 Å². The number of carbonyl (C=O) groups is 1. The molecule has 3 N–H and O–H groups in total. The first kappa shape index (κ1) is 14.5. The molecule has 0 aliphatic carbocycles. The minimum atomic E-state index is -0.450. The van der Waals surface area contributed by atoms with E-state index < -0.39 is 5.97 Å². The molecule has 106 valence electrons. The minimum absolute atomic E-state index is 0.0210. The van der Waals surface area contributed by atoms with Gasteiger partial charge in [-0.2, -0.15) is 0 Å². The lowest BCUT2D eigenvalue weighted by atomic mass is 10.1. The Bertz CT molecular complexity index is 688. The van der Waals surface area contributed by atoms with Crippen LogP contribution in [0, 0.1) is 12.3 Å². The normalized spacial score (nSPS) is 10.5. The van der Waals surface area contributed by atoms with Gasteiger partial charge in [-0.05, 0) is 48.4 Å². The zero-order chi connectivity index (χ0) is 15.2. The third kappa shape index (κ3) is 4.04. The van der Waals surface area contributed by atoms with Crippen LogP contribution in [0.2, 0.25) is 0 Å². The second-order valence-corrected chi connectivity index (χ2v) is 4.55. The van der Waals surface area contributed by atoms with E-state index in [2.05, 4.69) is 0 Å². The molecule has 0 unspecified atom stereocenters. The van der Waals surface area contributed by atoms with Crippen LogP contribution in [-0.4, -0.2) is 11.8 Å². The van der Waals surface area contributed by atoms with E-state index in [0.717, 1.165) is 11.1 Å². The SMILES string of the molecule is Cc1ccccc1C=CC(=O)Oc1ccc(C(=N)N)cc1. The number of ether oxygens (including phenoxy) is 1. The molecule has 0 radical (unpaired) electrons. The molecule has 21 heavy (non-hydrogen) atoms. The number of nitrogens with two attached hydrogens (primary N) is 1. The summed E-state index contributed by atoms with van der Waals surface area (Å²) in [7, 11) is 0. The summed E-state index contributed by atoms with van der Waals surface area (Å²) in [5.74, 6) is -0.0550. The van der Waals surface area contributed by atoms with Crippen LogP contribution in [0.3, 0.4) is 0 Å². The van der Waals surface area contributed by atoms with Crippen molar-refractivity contribution < 1.29 is 9.53 Å². The molecule has 0 atom stereocenters. The van der Waals surface area contributed by atoms with Gasteiger partial charge < -0.3 is 10.5 Å². The first-order valence-corrected chi connectivity index (χ1v) is 6.46. The van der Waals surface area contributed by atoms with Crippen LogP contribution in [0.4, 0.5) is 0 Å². The summed E-state index contributed by atoms with van der Waals surface area (Å²) in [6, 6.07) is 14.3. The van der Waals surface area contributed by atoms with Crippen molar-refractivity contribution in [1.29, 1.82) is 5.41 Å². The molecule has 0 aliphatic heterocycles. The Kier molecular flexibility index (Phi) is 4.51. The highest BCUT2D eigenvalue weighted by Crippen LogP contribution is 2.13. The van der Waals surface area contributed by atoms with Gasteiger partial charge in [-0.15, -0.1) is 0 Å². The second kappa shape index (κ2) is 6.52. The average molecular weight is 280 g/mol. The van der Waals surface area contributed by atoms with E-state index in [9.17, 15) is 4.79 Å². The molecule has 0 saturated carbocycles. The van der Waals surface area contributed by atoms with Crippen LogP contribution >= 0.6 is 0 Å². The molecule has 0 bridgehead atoms. The molecule has 2 aromatic rings. The molecular weight excluding hydrogens is 264 g/mol. The van der Waals surface area contributed by atoms with Crippen molar-refractivity contribution in [3.63, 3.8) is 0 Å². The smallest absolute Gasteiger partial charge is 0.336 e. The number of hydrogen-bond donors (Lipinski definition) is 2. The Morgan fingerprint density at radius 3 is 2.43 bits per heavy atom. The minimum Gasteiger partial charge on any atom is -0.423 e. The maximum atomic E-state index is 11.7. The average Bonchev–Trinajstić information content (AvgIpc) is 2.47. The lowest BCUT2D eigenvalue weighted by Crippen LogP contribution is -2.11. The summed E-state index contributed by atoms with van der Waals surface area (Å²) in [6.45, 7) is 1.98. The number of carbonyl (C=O) groups excluding carboxylic acids is 1. The molecule has 0 aromatic heterocycles. The highest BCUT2D eigenvalue weighted by molar-refractivity contribution is 5.95. The van der Waals surface area contributed by atoms with Crippen molar-refractivity contribution >= 4 is 17.9 Å². The lowest BCUT2D eigenvalue weighted by Gasteiger charge is -2.03. The Labute approximate surface area is 123 Å². The first-order chi connectivity index (χ1) is 10.1. The second-order valence-electron chi connectivity index (χ2n) is 4.55. The van der Waals surface area contributed by atoms with Crippen LogP contribution in [-0.2, 0) is 4.79 Å². The summed E-state index contributed by atoms with van der Waals surface area (Å²) in [5, 5.41) is 7.29. The molecule has 0 amide bonds. The quantitative estimate of drug-likeness (QED) is 0.297. The largest absolute Gasteiger partial charge is 0.423 e. The summed E-state index contributed by atoms with van der Waals surface area (Å²) < 4.78 is 5.17. The molecule has 0 spiro atoms. The zero-order valence-corrected chi connectivity index (χ0v) is 11.7. The molecule has 0 fully saturated rings. The fourth-order valence-corrected chi connectivity index (χ4v) is 1.78.